The molecule has 0 aromatic heterocycles. The lowest BCUT2D eigenvalue weighted by Crippen LogP contribution is -2.31. The van der Waals surface area contributed by atoms with Crippen LogP contribution in [0, 0.1) is 6.92 Å². The Morgan fingerprint density at radius 1 is 1.03 bits per heavy atom. The Bertz CT molecular complexity index is 1020. The maximum Gasteiger partial charge on any atom is 0.255 e. The molecule has 168 valence electrons. The zero-order valence-electron chi connectivity index (χ0n) is 18.8. The van der Waals surface area contributed by atoms with E-state index in [1.54, 1.807) is 35.7 Å². The number of anilines is 1. The molecule has 0 saturated carbocycles. The molecule has 1 aliphatic rings. The zero-order valence-corrected chi connectivity index (χ0v) is 19.6. The normalized spacial score (nSPS) is 15.5. The summed E-state index contributed by atoms with van der Waals surface area (Å²) in [7, 11) is -1.88. The third-order valence-corrected chi connectivity index (χ3v) is 7.67. The SMILES string of the molecule is COc1cc(C)c(C(=O)Nc2ccc(S(=O)(=O)N3CCCCCC3)cc2)cc1C(C)C. The van der Waals surface area contributed by atoms with Gasteiger partial charge in [-0.15, -0.1) is 0 Å². The summed E-state index contributed by atoms with van der Waals surface area (Å²) in [5.74, 6) is 0.753. The quantitative estimate of drug-likeness (QED) is 0.684. The van der Waals surface area contributed by atoms with Crippen molar-refractivity contribution in [3.63, 3.8) is 0 Å². The van der Waals surface area contributed by atoms with Gasteiger partial charge in [-0.2, -0.15) is 4.31 Å². The van der Waals surface area contributed by atoms with Crippen molar-refractivity contribution in [2.24, 2.45) is 0 Å². The number of carbonyl (C=O) groups excluding carboxylic acids is 1. The molecule has 1 fully saturated rings. The standard InChI is InChI=1S/C24H32N2O4S/c1-17(2)21-16-22(18(3)15-23(21)30-4)24(27)25-19-9-11-20(12-10-19)31(28,29)26-13-7-5-6-8-14-26/h9-12,15-17H,5-8,13-14H2,1-4H3,(H,25,27). The van der Waals surface area contributed by atoms with Gasteiger partial charge >= 0.3 is 0 Å². The third kappa shape index (κ3) is 5.28. The Morgan fingerprint density at radius 2 is 1.65 bits per heavy atom. The van der Waals surface area contributed by atoms with E-state index >= 15 is 0 Å². The van der Waals surface area contributed by atoms with Crippen LogP contribution in [0.5, 0.6) is 5.75 Å². The molecule has 0 unspecified atom stereocenters. The van der Waals surface area contributed by atoms with E-state index in [0.717, 1.165) is 42.6 Å². The van der Waals surface area contributed by atoms with Gasteiger partial charge in [-0.25, -0.2) is 8.42 Å². The van der Waals surface area contributed by atoms with Crippen molar-refractivity contribution in [2.75, 3.05) is 25.5 Å². The largest absolute Gasteiger partial charge is 0.496 e. The number of amides is 1. The minimum atomic E-state index is -3.51. The van der Waals surface area contributed by atoms with E-state index in [1.165, 1.54) is 0 Å². The predicted molar refractivity (Wildman–Crippen MR) is 123 cm³/mol. The number of methoxy groups -OCH3 is 1. The molecule has 0 aliphatic carbocycles. The maximum atomic E-state index is 12.9. The van der Waals surface area contributed by atoms with E-state index in [-0.39, 0.29) is 16.7 Å². The van der Waals surface area contributed by atoms with Crippen LogP contribution in [0.15, 0.2) is 41.3 Å². The summed E-state index contributed by atoms with van der Waals surface area (Å²) in [6, 6.07) is 10.2. The van der Waals surface area contributed by atoms with Gasteiger partial charge in [0.05, 0.1) is 12.0 Å². The van der Waals surface area contributed by atoms with Crippen molar-refractivity contribution in [3.05, 3.63) is 53.1 Å². The number of aryl methyl sites for hydroxylation is 1. The van der Waals surface area contributed by atoms with Crippen LogP contribution in [0.4, 0.5) is 5.69 Å². The van der Waals surface area contributed by atoms with Crippen molar-refractivity contribution in [1.29, 1.82) is 0 Å². The molecular formula is C24H32N2O4S. The highest BCUT2D eigenvalue weighted by Crippen LogP contribution is 2.30. The monoisotopic (exact) mass is 444 g/mol. The molecule has 7 heteroatoms. The lowest BCUT2D eigenvalue weighted by Gasteiger charge is -2.20. The summed E-state index contributed by atoms with van der Waals surface area (Å²) in [5, 5.41) is 2.88. The molecule has 1 saturated heterocycles. The molecule has 1 N–H and O–H groups in total. The first-order chi connectivity index (χ1) is 14.7. The maximum absolute atomic E-state index is 12.9. The molecule has 0 bridgehead atoms. The molecule has 2 aromatic rings. The van der Waals surface area contributed by atoms with Gasteiger partial charge in [0.25, 0.3) is 5.91 Å². The van der Waals surface area contributed by atoms with Gasteiger partial charge in [0.15, 0.2) is 0 Å². The fourth-order valence-electron chi connectivity index (χ4n) is 3.91. The number of hydrogen-bond donors (Lipinski definition) is 1. The number of rotatable bonds is 6. The van der Waals surface area contributed by atoms with Crippen molar-refractivity contribution < 1.29 is 17.9 Å². The Labute approximate surface area is 185 Å². The number of ether oxygens (including phenoxy) is 1. The van der Waals surface area contributed by atoms with Crippen LogP contribution in [0.3, 0.4) is 0 Å². The van der Waals surface area contributed by atoms with Gasteiger partial charge in [-0.3, -0.25) is 4.79 Å². The predicted octanol–water partition coefficient (Wildman–Crippen LogP) is 4.94. The number of benzene rings is 2. The summed E-state index contributed by atoms with van der Waals surface area (Å²) in [4.78, 5) is 13.2. The molecule has 1 amide bonds. The van der Waals surface area contributed by atoms with Gasteiger partial charge in [-0.1, -0.05) is 26.7 Å². The fourth-order valence-corrected chi connectivity index (χ4v) is 5.43. The van der Waals surface area contributed by atoms with Gasteiger partial charge < -0.3 is 10.1 Å². The summed E-state index contributed by atoms with van der Waals surface area (Å²) in [6.45, 7) is 7.11. The minimum Gasteiger partial charge on any atom is -0.496 e. The van der Waals surface area contributed by atoms with Crippen LogP contribution in [0.25, 0.3) is 0 Å². The smallest absolute Gasteiger partial charge is 0.255 e. The van der Waals surface area contributed by atoms with Crippen LogP contribution in [0.2, 0.25) is 0 Å². The Balaban J connectivity index is 1.78. The molecule has 1 heterocycles. The van der Waals surface area contributed by atoms with Crippen LogP contribution in [-0.2, 0) is 10.0 Å². The van der Waals surface area contributed by atoms with E-state index < -0.39 is 10.0 Å². The number of nitrogens with one attached hydrogen (secondary N) is 1. The lowest BCUT2D eigenvalue weighted by molar-refractivity contribution is 0.102. The summed E-state index contributed by atoms with van der Waals surface area (Å²) in [5.41, 5.74) is 2.92. The van der Waals surface area contributed by atoms with Gasteiger partial charge in [-0.05, 0) is 73.2 Å². The van der Waals surface area contributed by atoms with Gasteiger partial charge in [0.2, 0.25) is 10.0 Å². The molecule has 0 atom stereocenters. The van der Waals surface area contributed by atoms with Gasteiger partial charge in [0, 0.05) is 24.3 Å². The van der Waals surface area contributed by atoms with E-state index in [4.69, 9.17) is 4.74 Å². The second-order valence-electron chi connectivity index (χ2n) is 8.36. The van der Waals surface area contributed by atoms with Crippen LogP contribution >= 0.6 is 0 Å². The third-order valence-electron chi connectivity index (χ3n) is 5.76. The summed E-state index contributed by atoms with van der Waals surface area (Å²) in [6.07, 6.45) is 3.93. The second kappa shape index (κ2) is 9.83. The second-order valence-corrected chi connectivity index (χ2v) is 10.3. The lowest BCUT2D eigenvalue weighted by atomic mass is 9.96. The van der Waals surface area contributed by atoms with Gasteiger partial charge in [0.1, 0.15) is 5.75 Å². The highest BCUT2D eigenvalue weighted by Gasteiger charge is 2.25. The first-order valence-corrected chi connectivity index (χ1v) is 12.3. The van der Waals surface area contributed by atoms with E-state index in [2.05, 4.69) is 19.2 Å². The average Bonchev–Trinajstić information content (AvgIpc) is 3.03. The number of sulfonamides is 1. The van der Waals surface area contributed by atoms with Crippen LogP contribution < -0.4 is 10.1 Å². The summed E-state index contributed by atoms with van der Waals surface area (Å²) >= 11 is 0. The molecule has 1 aliphatic heterocycles. The first kappa shape index (κ1) is 23.3. The van der Waals surface area contributed by atoms with E-state index in [0.29, 0.717) is 24.3 Å². The molecule has 3 rings (SSSR count). The molecular weight excluding hydrogens is 412 g/mol. The summed E-state index contributed by atoms with van der Waals surface area (Å²) < 4.78 is 32.9. The molecule has 2 aromatic carbocycles. The van der Waals surface area contributed by atoms with Crippen LogP contribution in [-0.4, -0.2) is 38.8 Å². The average molecular weight is 445 g/mol. The highest BCUT2D eigenvalue weighted by molar-refractivity contribution is 7.89. The van der Waals surface area contributed by atoms with E-state index in [1.807, 2.05) is 19.1 Å². The number of nitrogens with zero attached hydrogens (tertiary/aromatic N) is 1. The first-order valence-electron chi connectivity index (χ1n) is 10.8. The highest BCUT2D eigenvalue weighted by atomic mass is 32.2. The Morgan fingerprint density at radius 3 is 2.19 bits per heavy atom. The number of carbonyl (C=O) groups is 1. The van der Waals surface area contributed by atoms with Crippen molar-refractivity contribution >= 4 is 21.6 Å². The van der Waals surface area contributed by atoms with Crippen molar-refractivity contribution in [1.82, 2.24) is 4.31 Å². The topological polar surface area (TPSA) is 75.7 Å². The van der Waals surface area contributed by atoms with Crippen LogP contribution in [0.1, 0.15) is 66.9 Å². The van der Waals surface area contributed by atoms with Crippen molar-refractivity contribution in [2.45, 2.75) is 57.3 Å². The Kier molecular flexibility index (Phi) is 7.38. The number of hydrogen-bond acceptors (Lipinski definition) is 4. The van der Waals surface area contributed by atoms with E-state index in [9.17, 15) is 13.2 Å². The molecule has 6 nitrogen and oxygen atoms in total. The fraction of sp³-hybridized carbons (Fsp3) is 0.458. The van der Waals surface area contributed by atoms with Crippen molar-refractivity contribution in [3.8, 4) is 5.75 Å². The minimum absolute atomic E-state index is 0.213. The molecule has 31 heavy (non-hydrogen) atoms. The molecule has 0 spiro atoms. The zero-order chi connectivity index (χ0) is 22.6. The molecule has 0 radical (unpaired) electrons. The Hall–Kier alpha value is -2.38.